The topological polar surface area (TPSA) is 118 Å². The van der Waals surface area contributed by atoms with Gasteiger partial charge < -0.3 is 10.2 Å². The van der Waals surface area contributed by atoms with E-state index in [2.05, 4.69) is 37.2 Å². The van der Waals surface area contributed by atoms with Crippen LogP contribution >= 0.6 is 55.1 Å². The Morgan fingerprint density at radius 2 is 1.16 bits per heavy atom. The van der Waals surface area contributed by atoms with Crippen molar-refractivity contribution >= 4 is 90.0 Å². The van der Waals surface area contributed by atoms with Crippen molar-refractivity contribution in [3.8, 4) is 0 Å². The molecule has 0 radical (unpaired) electrons. The summed E-state index contributed by atoms with van der Waals surface area (Å²) >= 11 is 17.8. The van der Waals surface area contributed by atoms with Crippen molar-refractivity contribution in [1.82, 2.24) is 10.2 Å². The molecular weight excluding hydrogens is 655 g/mol. The number of hydrogen-bond donors (Lipinski definition) is 1. The summed E-state index contributed by atoms with van der Waals surface area (Å²) in [6, 6.07) is 12.8. The van der Waals surface area contributed by atoms with Crippen LogP contribution in [0.25, 0.3) is 0 Å². The van der Waals surface area contributed by atoms with E-state index in [1.807, 2.05) is 0 Å². The number of nitrogens with one attached hydrogen (secondary N) is 1. The third-order valence-corrected chi connectivity index (χ3v) is 7.01. The number of nitrogens with zero attached hydrogens (tertiary/aromatic N) is 1. The largest absolute Gasteiger partial charge is 0.321 e. The fourth-order valence-corrected chi connectivity index (χ4v) is 4.54. The molecule has 2 aliphatic rings. The highest BCUT2D eigenvalue weighted by atomic mass is 79.9. The first kappa shape index (κ1) is 28.6. The molecule has 2 aliphatic carbocycles. The molecule has 0 spiro atoms. The summed E-state index contributed by atoms with van der Waals surface area (Å²) in [6.07, 6.45) is 0. The van der Waals surface area contributed by atoms with Gasteiger partial charge in [0.2, 0.25) is 34.9 Å². The van der Waals surface area contributed by atoms with E-state index in [-0.39, 0.29) is 60.3 Å². The maximum atomic E-state index is 12.3. The van der Waals surface area contributed by atoms with Gasteiger partial charge in [-0.2, -0.15) is 0 Å². The first-order valence-electron chi connectivity index (χ1n) is 10.4. The highest BCUT2D eigenvalue weighted by Crippen LogP contribution is 2.30. The van der Waals surface area contributed by atoms with E-state index in [9.17, 15) is 28.8 Å². The Labute approximate surface area is 237 Å². The number of rotatable bonds is 4. The average Bonchev–Trinajstić information content (AvgIpc) is 2.92. The van der Waals surface area contributed by atoms with Crippen LogP contribution < -0.4 is 5.32 Å². The number of amides is 2. The van der Waals surface area contributed by atoms with E-state index in [0.29, 0.717) is 0 Å². The van der Waals surface area contributed by atoms with Crippen molar-refractivity contribution in [1.29, 1.82) is 0 Å². The van der Waals surface area contributed by atoms with Crippen LogP contribution in [0.1, 0.15) is 41.4 Å². The molecule has 2 aromatic carbocycles. The van der Waals surface area contributed by atoms with Crippen LogP contribution in [-0.4, -0.2) is 57.6 Å². The Morgan fingerprint density at radius 3 is 1.62 bits per heavy atom. The van der Waals surface area contributed by atoms with Crippen molar-refractivity contribution < 1.29 is 28.8 Å². The van der Waals surface area contributed by atoms with E-state index in [0.717, 1.165) is 4.90 Å². The molecule has 12 heteroatoms. The van der Waals surface area contributed by atoms with Crippen LogP contribution in [0.2, 0.25) is 0 Å². The molecule has 0 fully saturated rings. The van der Waals surface area contributed by atoms with Crippen LogP contribution in [0.4, 0.5) is 0 Å². The van der Waals surface area contributed by atoms with E-state index >= 15 is 0 Å². The SMILES string of the molecule is CN(C(=O)CBr)C1=C(Cl)C(=O)c2ccccc2C1=O.O=C(CBr)NC1=C(Cl)C(=O)c2ccccc2C1=O. The Hall–Kier alpha value is -2.92. The zero-order chi connectivity index (χ0) is 27.4. The zero-order valence-electron chi connectivity index (χ0n) is 18.9. The fourth-order valence-electron chi connectivity index (χ4n) is 3.48. The van der Waals surface area contributed by atoms with Crippen molar-refractivity contribution in [2.24, 2.45) is 0 Å². The van der Waals surface area contributed by atoms with Crippen LogP contribution in [0, 0.1) is 0 Å². The van der Waals surface area contributed by atoms with Gasteiger partial charge in [0, 0.05) is 29.3 Å². The number of benzene rings is 2. The minimum Gasteiger partial charge on any atom is -0.321 e. The second kappa shape index (κ2) is 12.1. The van der Waals surface area contributed by atoms with E-state index in [4.69, 9.17) is 23.2 Å². The lowest BCUT2D eigenvalue weighted by molar-refractivity contribution is -0.125. The Bertz CT molecular complexity index is 1430. The first-order valence-corrected chi connectivity index (χ1v) is 13.4. The van der Waals surface area contributed by atoms with Gasteiger partial charge in [-0.3, -0.25) is 28.8 Å². The molecule has 0 aromatic heterocycles. The lowest BCUT2D eigenvalue weighted by Crippen LogP contribution is -2.35. The van der Waals surface area contributed by atoms with E-state index in [1.54, 1.807) is 36.4 Å². The number of allylic oxidation sites excluding steroid dienone is 4. The molecular formula is C25H16Br2Cl2N2O6. The predicted octanol–water partition coefficient (Wildman–Crippen LogP) is 4.40. The molecule has 0 saturated heterocycles. The summed E-state index contributed by atoms with van der Waals surface area (Å²) in [7, 11) is 1.42. The average molecular weight is 671 g/mol. The highest BCUT2D eigenvalue weighted by Gasteiger charge is 2.35. The summed E-state index contributed by atoms with van der Waals surface area (Å²) in [4.78, 5) is 72.5. The summed E-state index contributed by atoms with van der Waals surface area (Å²) in [5, 5.41) is 1.91. The minimum absolute atomic E-state index is 0.0176. The molecule has 0 atom stereocenters. The maximum absolute atomic E-state index is 12.3. The van der Waals surface area contributed by atoms with Gasteiger partial charge in [0.15, 0.2) is 0 Å². The van der Waals surface area contributed by atoms with Crippen LogP contribution in [0.15, 0.2) is 70.0 Å². The number of carbonyl (C=O) groups excluding carboxylic acids is 6. The van der Waals surface area contributed by atoms with Crippen molar-refractivity contribution in [2.75, 3.05) is 17.7 Å². The third kappa shape index (κ3) is 5.67. The van der Waals surface area contributed by atoms with Gasteiger partial charge in [0.05, 0.1) is 10.7 Å². The highest BCUT2D eigenvalue weighted by molar-refractivity contribution is 9.09. The standard InChI is InChI=1S/C13H9BrClNO3.C12H7BrClNO3/c1-16(9(17)6-14)11-10(15)12(18)7-4-2-3-5-8(7)13(11)19;13-5-8(16)15-10-9(14)11(17)6-3-1-2-4-7(6)12(10)18/h2-5H,6H2,1H3;1-4H,5H2,(H,15,16). The molecule has 0 bridgehead atoms. The van der Waals surface area contributed by atoms with Gasteiger partial charge in [-0.1, -0.05) is 104 Å². The summed E-state index contributed by atoms with van der Waals surface area (Å²) in [5.74, 6) is -2.57. The number of carbonyl (C=O) groups is 6. The molecule has 0 unspecified atom stereocenters. The maximum Gasteiger partial charge on any atom is 0.237 e. The number of Topliss-reactive ketones (excluding diaryl/α,β-unsaturated/α-hetero) is 4. The number of hydrogen-bond acceptors (Lipinski definition) is 6. The second-order valence-electron chi connectivity index (χ2n) is 7.53. The molecule has 2 aromatic rings. The van der Waals surface area contributed by atoms with Gasteiger partial charge in [-0.25, -0.2) is 0 Å². The molecule has 4 rings (SSSR count). The normalized spacial score (nSPS) is 14.5. The lowest BCUT2D eigenvalue weighted by atomic mass is 9.92. The molecule has 1 N–H and O–H groups in total. The second-order valence-corrected chi connectivity index (χ2v) is 9.40. The number of ketones is 4. The summed E-state index contributed by atoms with van der Waals surface area (Å²) in [6.45, 7) is 0. The Balaban J connectivity index is 0.000000206. The summed E-state index contributed by atoms with van der Waals surface area (Å²) in [5.41, 5.74) is 0.794. The smallest absolute Gasteiger partial charge is 0.237 e. The third-order valence-electron chi connectivity index (χ3n) is 5.31. The van der Waals surface area contributed by atoms with Crippen LogP contribution in [0.3, 0.4) is 0 Å². The predicted molar refractivity (Wildman–Crippen MR) is 144 cm³/mol. The van der Waals surface area contributed by atoms with Crippen LogP contribution in [-0.2, 0) is 9.59 Å². The number of fused-ring (bicyclic) bond motifs is 2. The van der Waals surface area contributed by atoms with Gasteiger partial charge in [-0.15, -0.1) is 0 Å². The number of alkyl halides is 2. The fraction of sp³-hybridized carbons (Fsp3) is 0.120. The Kier molecular flexibility index (Phi) is 9.36. The summed E-state index contributed by atoms with van der Waals surface area (Å²) < 4.78 is 0. The van der Waals surface area contributed by atoms with Gasteiger partial charge in [-0.05, 0) is 0 Å². The minimum atomic E-state index is -0.461. The molecule has 8 nitrogen and oxygen atoms in total. The lowest BCUT2D eigenvalue weighted by Gasteiger charge is -2.24. The van der Waals surface area contributed by atoms with Crippen molar-refractivity contribution in [2.45, 2.75) is 0 Å². The Morgan fingerprint density at radius 1 is 0.730 bits per heavy atom. The van der Waals surface area contributed by atoms with Crippen molar-refractivity contribution in [3.63, 3.8) is 0 Å². The van der Waals surface area contributed by atoms with Gasteiger partial charge >= 0.3 is 0 Å². The molecule has 0 aliphatic heterocycles. The quantitative estimate of drug-likeness (QED) is 0.482. The number of likely N-dealkylation sites (N-methyl/N-ethyl adjacent to an activating group) is 1. The molecule has 2 amide bonds. The number of halogens is 4. The zero-order valence-corrected chi connectivity index (χ0v) is 23.6. The van der Waals surface area contributed by atoms with E-state index in [1.165, 1.54) is 19.2 Å². The van der Waals surface area contributed by atoms with Crippen LogP contribution in [0.5, 0.6) is 0 Å². The van der Waals surface area contributed by atoms with Gasteiger partial charge in [0.1, 0.15) is 21.5 Å². The monoisotopic (exact) mass is 668 g/mol. The van der Waals surface area contributed by atoms with Gasteiger partial charge in [0.25, 0.3) is 0 Å². The molecule has 0 saturated carbocycles. The molecule has 0 heterocycles. The first-order chi connectivity index (χ1) is 17.5. The van der Waals surface area contributed by atoms with Crippen molar-refractivity contribution in [3.05, 3.63) is 92.2 Å². The molecule has 37 heavy (non-hydrogen) atoms. The molecule has 190 valence electrons. The van der Waals surface area contributed by atoms with E-state index < -0.39 is 29.0 Å².